The van der Waals surface area contributed by atoms with E-state index >= 15 is 0 Å². The van der Waals surface area contributed by atoms with E-state index in [4.69, 9.17) is 5.73 Å². The molecule has 0 atom stereocenters. The Balaban J connectivity index is 2.63. The molecule has 1 aromatic heterocycles. The van der Waals surface area contributed by atoms with Crippen molar-refractivity contribution >= 4 is 11.8 Å². The molecule has 4 nitrogen and oxygen atoms in total. The molecule has 5 heteroatoms. The quantitative estimate of drug-likeness (QED) is 0.660. The van der Waals surface area contributed by atoms with Crippen molar-refractivity contribution in [3.05, 3.63) is 5.82 Å². The Morgan fingerprint density at radius 1 is 1.55 bits per heavy atom. The van der Waals surface area contributed by atoms with Crippen molar-refractivity contribution in [2.75, 3.05) is 12.3 Å². The Hall–Kier alpha value is -0.550. The molecule has 1 heterocycles. The first-order valence-corrected chi connectivity index (χ1v) is 4.43. The molecule has 0 aliphatic carbocycles. The van der Waals surface area contributed by atoms with Crippen LogP contribution in [0.2, 0.25) is 0 Å². The van der Waals surface area contributed by atoms with E-state index < -0.39 is 0 Å². The largest absolute Gasteiger partial charge is 0.330 e. The van der Waals surface area contributed by atoms with Crippen LogP contribution in [-0.2, 0) is 7.05 Å². The van der Waals surface area contributed by atoms with Gasteiger partial charge in [0.15, 0.2) is 5.16 Å². The van der Waals surface area contributed by atoms with Crippen LogP contribution in [0.5, 0.6) is 0 Å². The third kappa shape index (κ3) is 1.94. The molecular formula is C6H12N4S. The summed E-state index contributed by atoms with van der Waals surface area (Å²) >= 11 is 1.63. The lowest BCUT2D eigenvalue weighted by atomic mass is 10.7. The lowest BCUT2D eigenvalue weighted by molar-refractivity contribution is 0.765. The van der Waals surface area contributed by atoms with Gasteiger partial charge in [0.05, 0.1) is 0 Å². The standard InChI is InChI=1S/C6H12N4S/c1-5-8-9-6(10(5)2)11-4-3-7/h3-4,7H2,1-2H3. The highest BCUT2D eigenvalue weighted by molar-refractivity contribution is 7.99. The lowest BCUT2D eigenvalue weighted by Crippen LogP contribution is -2.02. The van der Waals surface area contributed by atoms with Crippen molar-refractivity contribution in [3.63, 3.8) is 0 Å². The van der Waals surface area contributed by atoms with Crippen molar-refractivity contribution < 1.29 is 0 Å². The average molecular weight is 172 g/mol. The van der Waals surface area contributed by atoms with E-state index in [1.54, 1.807) is 11.8 Å². The molecule has 11 heavy (non-hydrogen) atoms. The maximum absolute atomic E-state index is 5.35. The Kier molecular flexibility index (Phi) is 2.90. The van der Waals surface area contributed by atoms with Crippen LogP contribution >= 0.6 is 11.8 Å². The number of hydrogen-bond acceptors (Lipinski definition) is 4. The molecule has 62 valence electrons. The Bertz CT molecular complexity index is 232. The number of aryl methyl sites for hydroxylation is 1. The van der Waals surface area contributed by atoms with E-state index in [0.717, 1.165) is 16.7 Å². The van der Waals surface area contributed by atoms with Crippen LogP contribution in [0.15, 0.2) is 5.16 Å². The zero-order valence-electron chi connectivity index (χ0n) is 6.74. The first-order chi connectivity index (χ1) is 5.25. The number of hydrogen-bond donors (Lipinski definition) is 1. The summed E-state index contributed by atoms with van der Waals surface area (Å²) in [7, 11) is 1.95. The smallest absolute Gasteiger partial charge is 0.190 e. The fourth-order valence-corrected chi connectivity index (χ4v) is 1.39. The molecule has 0 aliphatic rings. The van der Waals surface area contributed by atoms with Gasteiger partial charge in [-0.2, -0.15) is 0 Å². The minimum absolute atomic E-state index is 0.677. The van der Waals surface area contributed by atoms with Crippen molar-refractivity contribution in [3.8, 4) is 0 Å². The van der Waals surface area contributed by atoms with Crippen LogP contribution in [0.3, 0.4) is 0 Å². The van der Waals surface area contributed by atoms with Crippen LogP contribution in [0.1, 0.15) is 5.82 Å². The summed E-state index contributed by atoms with van der Waals surface area (Å²) in [5, 5.41) is 8.83. The molecule has 0 saturated carbocycles. The molecule has 1 rings (SSSR count). The highest BCUT2D eigenvalue weighted by atomic mass is 32.2. The van der Waals surface area contributed by atoms with Gasteiger partial charge in [0.25, 0.3) is 0 Å². The van der Waals surface area contributed by atoms with E-state index in [1.807, 2.05) is 18.5 Å². The third-order valence-electron chi connectivity index (χ3n) is 1.40. The number of thioether (sulfide) groups is 1. The maximum Gasteiger partial charge on any atom is 0.190 e. The highest BCUT2D eigenvalue weighted by Gasteiger charge is 2.03. The predicted molar refractivity (Wildman–Crippen MR) is 45.5 cm³/mol. The molecule has 0 aromatic carbocycles. The van der Waals surface area contributed by atoms with Gasteiger partial charge in [-0.05, 0) is 6.92 Å². The molecule has 1 aromatic rings. The monoisotopic (exact) mass is 172 g/mol. The molecule has 0 saturated heterocycles. The molecule has 0 amide bonds. The summed E-state index contributed by atoms with van der Waals surface area (Å²) in [6.07, 6.45) is 0. The summed E-state index contributed by atoms with van der Waals surface area (Å²) in [5.74, 6) is 1.83. The highest BCUT2D eigenvalue weighted by Crippen LogP contribution is 2.13. The molecule has 0 unspecified atom stereocenters. The number of rotatable bonds is 3. The lowest BCUT2D eigenvalue weighted by Gasteiger charge is -1.98. The van der Waals surface area contributed by atoms with E-state index in [1.165, 1.54) is 0 Å². The van der Waals surface area contributed by atoms with Gasteiger partial charge in [-0.3, -0.25) is 0 Å². The van der Waals surface area contributed by atoms with Crippen LogP contribution in [-0.4, -0.2) is 27.1 Å². The van der Waals surface area contributed by atoms with Gasteiger partial charge >= 0.3 is 0 Å². The van der Waals surface area contributed by atoms with Crippen molar-refractivity contribution in [2.24, 2.45) is 12.8 Å². The van der Waals surface area contributed by atoms with Gasteiger partial charge < -0.3 is 10.3 Å². The molecule has 2 N–H and O–H groups in total. The van der Waals surface area contributed by atoms with Gasteiger partial charge in [0.1, 0.15) is 5.82 Å². The predicted octanol–water partition coefficient (Wildman–Crippen LogP) is 0.174. The van der Waals surface area contributed by atoms with Crippen molar-refractivity contribution in [1.29, 1.82) is 0 Å². The number of nitrogens with zero attached hydrogens (tertiary/aromatic N) is 3. The molecule has 0 bridgehead atoms. The van der Waals surface area contributed by atoms with Gasteiger partial charge in [0, 0.05) is 19.3 Å². The third-order valence-corrected chi connectivity index (χ3v) is 2.46. The van der Waals surface area contributed by atoms with E-state index in [9.17, 15) is 0 Å². The molecule has 0 aliphatic heterocycles. The summed E-state index contributed by atoms with van der Waals surface area (Å²) in [4.78, 5) is 0. The van der Waals surface area contributed by atoms with Gasteiger partial charge in [-0.15, -0.1) is 10.2 Å². The van der Waals surface area contributed by atoms with Crippen molar-refractivity contribution in [1.82, 2.24) is 14.8 Å². The minimum atomic E-state index is 0.677. The summed E-state index contributed by atoms with van der Waals surface area (Å²) in [6, 6.07) is 0. The molecule has 0 fully saturated rings. The fourth-order valence-electron chi connectivity index (χ4n) is 0.664. The molecule has 0 spiro atoms. The van der Waals surface area contributed by atoms with Crippen LogP contribution in [0.25, 0.3) is 0 Å². The molecule has 0 radical (unpaired) electrons. The summed E-state index contributed by atoms with van der Waals surface area (Å²) in [5.41, 5.74) is 5.35. The average Bonchev–Trinajstić information content (AvgIpc) is 2.31. The second-order valence-corrected chi connectivity index (χ2v) is 3.29. The van der Waals surface area contributed by atoms with E-state index in [2.05, 4.69) is 10.2 Å². The second kappa shape index (κ2) is 3.73. The summed E-state index contributed by atoms with van der Waals surface area (Å²) < 4.78 is 1.96. The second-order valence-electron chi connectivity index (χ2n) is 2.23. The number of aromatic nitrogens is 3. The van der Waals surface area contributed by atoms with Crippen LogP contribution < -0.4 is 5.73 Å². The maximum atomic E-state index is 5.35. The summed E-state index contributed by atoms with van der Waals surface area (Å²) in [6.45, 7) is 2.61. The first-order valence-electron chi connectivity index (χ1n) is 3.44. The van der Waals surface area contributed by atoms with E-state index in [-0.39, 0.29) is 0 Å². The molecular weight excluding hydrogens is 160 g/mol. The normalized spacial score (nSPS) is 10.5. The zero-order chi connectivity index (χ0) is 8.27. The number of nitrogens with two attached hydrogens (primary N) is 1. The van der Waals surface area contributed by atoms with Crippen LogP contribution in [0, 0.1) is 6.92 Å². The van der Waals surface area contributed by atoms with Crippen molar-refractivity contribution in [2.45, 2.75) is 12.1 Å². The van der Waals surface area contributed by atoms with E-state index in [0.29, 0.717) is 6.54 Å². The Morgan fingerprint density at radius 3 is 2.73 bits per heavy atom. The van der Waals surface area contributed by atoms with Gasteiger partial charge in [-0.1, -0.05) is 11.8 Å². The Labute approximate surface area is 70.2 Å². The first kappa shape index (κ1) is 8.55. The topological polar surface area (TPSA) is 56.7 Å². The minimum Gasteiger partial charge on any atom is -0.330 e. The van der Waals surface area contributed by atoms with Crippen LogP contribution in [0.4, 0.5) is 0 Å². The SMILES string of the molecule is Cc1nnc(SCCN)n1C. The zero-order valence-corrected chi connectivity index (χ0v) is 7.56. The Morgan fingerprint density at radius 2 is 2.27 bits per heavy atom. The van der Waals surface area contributed by atoms with Gasteiger partial charge in [0.2, 0.25) is 0 Å². The van der Waals surface area contributed by atoms with Gasteiger partial charge in [-0.25, -0.2) is 0 Å². The fraction of sp³-hybridized carbons (Fsp3) is 0.667.